The molecule has 1 aliphatic carbocycles. The van der Waals surface area contributed by atoms with E-state index in [4.69, 9.17) is 9.47 Å². The molecule has 1 saturated heterocycles. The van der Waals surface area contributed by atoms with Gasteiger partial charge in [0.2, 0.25) is 5.88 Å². The van der Waals surface area contributed by atoms with Crippen molar-refractivity contribution in [2.45, 2.75) is 50.7 Å². The maximum absolute atomic E-state index is 6.21. The van der Waals surface area contributed by atoms with Gasteiger partial charge in [0.05, 0.1) is 0 Å². The number of nitrogens with one attached hydrogen (secondary N) is 1. The fraction of sp³-hybridized carbons (Fsp3) is 0.500. The molecule has 2 aromatic rings. The zero-order valence-corrected chi connectivity index (χ0v) is 14.6. The molecule has 0 radical (unpaired) electrons. The number of hydrogen-bond donors (Lipinski definition) is 1. The van der Waals surface area contributed by atoms with Crippen molar-refractivity contribution in [1.29, 1.82) is 0 Å². The van der Waals surface area contributed by atoms with Gasteiger partial charge >= 0.3 is 0 Å². The van der Waals surface area contributed by atoms with Crippen LogP contribution in [0.1, 0.15) is 42.7 Å². The molecular weight excluding hydrogens is 314 g/mol. The fourth-order valence-electron chi connectivity index (χ4n) is 3.58. The van der Waals surface area contributed by atoms with Crippen LogP contribution in [0.15, 0.2) is 36.7 Å². The van der Waals surface area contributed by atoms with Crippen molar-refractivity contribution in [3.63, 3.8) is 0 Å². The van der Waals surface area contributed by atoms with Crippen LogP contribution in [0.5, 0.6) is 5.88 Å². The molecule has 0 aromatic carbocycles. The zero-order valence-electron chi connectivity index (χ0n) is 14.6. The van der Waals surface area contributed by atoms with E-state index < -0.39 is 0 Å². The van der Waals surface area contributed by atoms with Gasteiger partial charge in [0.1, 0.15) is 11.9 Å². The summed E-state index contributed by atoms with van der Waals surface area (Å²) >= 11 is 0. The molecular formula is C20H25N3O2. The summed E-state index contributed by atoms with van der Waals surface area (Å²) < 4.78 is 11.7. The van der Waals surface area contributed by atoms with E-state index >= 15 is 0 Å². The lowest BCUT2D eigenvalue weighted by Crippen LogP contribution is -2.43. The molecule has 1 saturated carbocycles. The Morgan fingerprint density at radius 1 is 1.12 bits per heavy atom. The smallest absolute Gasteiger partial charge is 0.217 e. The average Bonchev–Trinajstić information content (AvgIpc) is 2.61. The van der Waals surface area contributed by atoms with E-state index in [0.29, 0.717) is 12.0 Å². The van der Waals surface area contributed by atoms with Crippen molar-refractivity contribution in [3.8, 4) is 5.88 Å². The lowest BCUT2D eigenvalue weighted by atomic mass is 9.88. The quantitative estimate of drug-likeness (QED) is 0.900. The molecule has 5 heteroatoms. The number of nitrogens with zero attached hydrogens (tertiary/aromatic N) is 2. The Morgan fingerprint density at radius 3 is 2.76 bits per heavy atom. The van der Waals surface area contributed by atoms with Gasteiger partial charge in [-0.05, 0) is 49.4 Å². The Morgan fingerprint density at radius 2 is 1.96 bits per heavy atom. The molecule has 2 aliphatic rings. The molecule has 132 valence electrons. The predicted molar refractivity (Wildman–Crippen MR) is 97.1 cm³/mol. The molecule has 1 aliphatic heterocycles. The van der Waals surface area contributed by atoms with Crippen LogP contribution in [0.25, 0.3) is 0 Å². The number of aryl methyl sites for hydroxylation is 1. The second-order valence-electron chi connectivity index (χ2n) is 7.06. The van der Waals surface area contributed by atoms with Gasteiger partial charge in [-0.1, -0.05) is 6.07 Å². The average molecular weight is 339 g/mol. The predicted octanol–water partition coefficient (Wildman–Crippen LogP) is 3.70. The van der Waals surface area contributed by atoms with E-state index in [1.807, 2.05) is 24.5 Å². The van der Waals surface area contributed by atoms with Gasteiger partial charge in [-0.15, -0.1) is 0 Å². The van der Waals surface area contributed by atoms with Crippen molar-refractivity contribution >= 4 is 5.82 Å². The van der Waals surface area contributed by atoms with Crippen molar-refractivity contribution in [2.75, 3.05) is 18.5 Å². The van der Waals surface area contributed by atoms with Gasteiger partial charge in [-0.3, -0.25) is 0 Å². The SMILES string of the molecule is Cc1ccnc(NC2CC(Oc3ncccc3C3CCOCC3)C2)c1. The minimum Gasteiger partial charge on any atom is -0.474 e. The fourth-order valence-corrected chi connectivity index (χ4v) is 3.58. The van der Waals surface area contributed by atoms with Crippen LogP contribution in [-0.2, 0) is 4.74 Å². The van der Waals surface area contributed by atoms with Gasteiger partial charge in [-0.2, -0.15) is 0 Å². The molecule has 1 N–H and O–H groups in total. The molecule has 0 spiro atoms. The second kappa shape index (κ2) is 7.40. The second-order valence-corrected chi connectivity index (χ2v) is 7.06. The van der Waals surface area contributed by atoms with Crippen molar-refractivity contribution < 1.29 is 9.47 Å². The maximum Gasteiger partial charge on any atom is 0.217 e. The van der Waals surface area contributed by atoms with E-state index in [1.54, 1.807) is 0 Å². The minimum atomic E-state index is 0.232. The summed E-state index contributed by atoms with van der Waals surface area (Å²) in [4.78, 5) is 8.87. The number of hydrogen-bond acceptors (Lipinski definition) is 5. The van der Waals surface area contributed by atoms with Crippen molar-refractivity contribution in [3.05, 3.63) is 47.8 Å². The Bertz CT molecular complexity index is 710. The summed E-state index contributed by atoms with van der Waals surface area (Å²) in [5.41, 5.74) is 2.46. The molecule has 5 nitrogen and oxygen atoms in total. The largest absolute Gasteiger partial charge is 0.474 e. The van der Waals surface area contributed by atoms with Crippen molar-refractivity contribution in [1.82, 2.24) is 9.97 Å². The molecule has 0 atom stereocenters. The first kappa shape index (κ1) is 16.3. The summed E-state index contributed by atoms with van der Waals surface area (Å²) in [6, 6.07) is 8.68. The number of rotatable bonds is 5. The summed E-state index contributed by atoms with van der Waals surface area (Å²) in [7, 11) is 0. The van der Waals surface area contributed by atoms with E-state index in [-0.39, 0.29) is 6.10 Å². The standard InChI is InChI=1S/C20H25N3O2/c1-14-4-8-21-19(11-14)23-16-12-17(13-16)25-20-18(3-2-7-22-20)15-5-9-24-10-6-15/h2-4,7-8,11,15-17H,5-6,9-10,12-13H2,1H3,(H,21,23). The van der Waals surface area contributed by atoms with Crippen LogP contribution in [-0.4, -0.2) is 35.3 Å². The molecule has 25 heavy (non-hydrogen) atoms. The first-order valence-corrected chi connectivity index (χ1v) is 9.16. The third-order valence-electron chi connectivity index (χ3n) is 5.10. The molecule has 0 unspecified atom stereocenters. The summed E-state index contributed by atoms with van der Waals surface area (Å²) in [6.45, 7) is 3.74. The van der Waals surface area contributed by atoms with Gasteiger partial charge in [0.15, 0.2) is 0 Å². The normalized spacial score (nSPS) is 23.7. The Hall–Kier alpha value is -2.14. The first-order valence-electron chi connectivity index (χ1n) is 9.16. The molecule has 0 amide bonds. The number of anilines is 1. The number of aromatic nitrogens is 2. The lowest BCUT2D eigenvalue weighted by Gasteiger charge is -2.36. The molecule has 4 rings (SSSR count). The summed E-state index contributed by atoms with van der Waals surface area (Å²) in [6.07, 6.45) is 7.97. The summed E-state index contributed by atoms with van der Waals surface area (Å²) in [5, 5.41) is 3.48. The van der Waals surface area contributed by atoms with Crippen LogP contribution >= 0.6 is 0 Å². The topological polar surface area (TPSA) is 56.3 Å². The molecule has 2 fully saturated rings. The van der Waals surface area contributed by atoms with Crippen molar-refractivity contribution in [2.24, 2.45) is 0 Å². The highest BCUT2D eigenvalue weighted by molar-refractivity contribution is 5.39. The lowest BCUT2D eigenvalue weighted by molar-refractivity contribution is 0.0794. The Labute approximate surface area is 148 Å². The zero-order chi connectivity index (χ0) is 17.1. The first-order chi connectivity index (χ1) is 12.3. The highest BCUT2D eigenvalue weighted by Crippen LogP contribution is 2.35. The molecule has 2 aromatic heterocycles. The summed E-state index contributed by atoms with van der Waals surface area (Å²) in [5.74, 6) is 2.26. The molecule has 0 bridgehead atoms. The highest BCUT2D eigenvalue weighted by Gasteiger charge is 2.32. The third kappa shape index (κ3) is 3.93. The van der Waals surface area contributed by atoms with Crippen LogP contribution in [0.2, 0.25) is 0 Å². The Kier molecular flexibility index (Phi) is 4.83. The number of pyridine rings is 2. The van der Waals surface area contributed by atoms with Gasteiger partial charge in [-0.25, -0.2) is 9.97 Å². The Balaban J connectivity index is 1.33. The van der Waals surface area contributed by atoms with E-state index in [1.165, 1.54) is 11.1 Å². The van der Waals surface area contributed by atoms with E-state index in [9.17, 15) is 0 Å². The van der Waals surface area contributed by atoms with Gasteiger partial charge in [0.25, 0.3) is 0 Å². The van der Waals surface area contributed by atoms with Gasteiger partial charge in [0, 0.05) is 50.1 Å². The minimum absolute atomic E-state index is 0.232. The molecule has 3 heterocycles. The number of ether oxygens (including phenoxy) is 2. The highest BCUT2D eigenvalue weighted by atomic mass is 16.5. The van der Waals surface area contributed by atoms with Crippen LogP contribution in [0, 0.1) is 6.92 Å². The van der Waals surface area contributed by atoms with E-state index in [2.05, 4.69) is 34.3 Å². The third-order valence-corrected chi connectivity index (χ3v) is 5.10. The van der Waals surface area contributed by atoms with Gasteiger partial charge < -0.3 is 14.8 Å². The van der Waals surface area contributed by atoms with Crippen LogP contribution in [0.3, 0.4) is 0 Å². The van der Waals surface area contributed by atoms with Crippen LogP contribution < -0.4 is 10.1 Å². The monoisotopic (exact) mass is 339 g/mol. The van der Waals surface area contributed by atoms with Crippen LogP contribution in [0.4, 0.5) is 5.82 Å². The maximum atomic E-state index is 6.21. The van der Waals surface area contributed by atoms with E-state index in [0.717, 1.165) is 50.6 Å².